The van der Waals surface area contributed by atoms with E-state index < -0.39 is 0 Å². The SMILES string of the molecule is CN1CCN(c2cnnc3ccccc23)C(CN)C1. The molecule has 1 aliphatic rings. The Hall–Kier alpha value is -1.72. The van der Waals surface area contributed by atoms with Crippen LogP contribution in [0, 0.1) is 0 Å². The van der Waals surface area contributed by atoms with Gasteiger partial charge in [-0.3, -0.25) is 0 Å². The van der Waals surface area contributed by atoms with Crippen molar-refractivity contribution in [1.29, 1.82) is 0 Å². The maximum Gasteiger partial charge on any atom is 0.0950 e. The Bertz CT molecular complexity index is 565. The molecule has 0 radical (unpaired) electrons. The average molecular weight is 257 g/mol. The predicted molar refractivity (Wildman–Crippen MR) is 77.2 cm³/mol. The summed E-state index contributed by atoms with van der Waals surface area (Å²) in [6.45, 7) is 3.68. The van der Waals surface area contributed by atoms with Crippen molar-refractivity contribution in [3.8, 4) is 0 Å². The van der Waals surface area contributed by atoms with Crippen molar-refractivity contribution < 1.29 is 0 Å². The number of nitrogens with zero attached hydrogens (tertiary/aromatic N) is 4. The zero-order valence-electron chi connectivity index (χ0n) is 11.2. The van der Waals surface area contributed by atoms with E-state index in [9.17, 15) is 0 Å². The van der Waals surface area contributed by atoms with Crippen LogP contribution in [-0.2, 0) is 0 Å². The van der Waals surface area contributed by atoms with E-state index in [4.69, 9.17) is 5.73 Å². The molecule has 3 rings (SSSR count). The first kappa shape index (κ1) is 12.3. The molecule has 0 spiro atoms. The average Bonchev–Trinajstić information content (AvgIpc) is 2.46. The quantitative estimate of drug-likeness (QED) is 0.858. The van der Waals surface area contributed by atoms with Crippen LogP contribution >= 0.6 is 0 Å². The van der Waals surface area contributed by atoms with E-state index in [1.807, 2.05) is 24.4 Å². The Labute approximate surface area is 113 Å². The van der Waals surface area contributed by atoms with Crippen molar-refractivity contribution >= 4 is 16.6 Å². The number of benzene rings is 1. The maximum atomic E-state index is 5.93. The molecule has 1 unspecified atom stereocenters. The topological polar surface area (TPSA) is 58.3 Å². The van der Waals surface area contributed by atoms with Gasteiger partial charge in [-0.25, -0.2) is 0 Å². The lowest BCUT2D eigenvalue weighted by atomic mass is 10.1. The van der Waals surface area contributed by atoms with Gasteiger partial charge in [0.05, 0.1) is 23.4 Å². The van der Waals surface area contributed by atoms with Crippen LogP contribution in [-0.4, -0.2) is 54.4 Å². The number of rotatable bonds is 2. The molecule has 1 aliphatic heterocycles. The van der Waals surface area contributed by atoms with Gasteiger partial charge in [-0.2, -0.15) is 10.2 Å². The molecule has 100 valence electrons. The molecule has 1 aromatic carbocycles. The van der Waals surface area contributed by atoms with Crippen LogP contribution in [0.15, 0.2) is 30.5 Å². The highest BCUT2D eigenvalue weighted by atomic mass is 15.3. The summed E-state index contributed by atoms with van der Waals surface area (Å²) < 4.78 is 0. The number of hydrogen-bond acceptors (Lipinski definition) is 5. The van der Waals surface area contributed by atoms with Crippen molar-refractivity contribution in [1.82, 2.24) is 15.1 Å². The first-order valence-corrected chi connectivity index (χ1v) is 6.65. The molecule has 19 heavy (non-hydrogen) atoms. The summed E-state index contributed by atoms with van der Waals surface area (Å²) in [6, 6.07) is 8.47. The summed E-state index contributed by atoms with van der Waals surface area (Å²) in [5.41, 5.74) is 8.02. The molecule has 1 fully saturated rings. The fraction of sp³-hybridized carbons (Fsp3) is 0.429. The summed E-state index contributed by atoms with van der Waals surface area (Å²) >= 11 is 0. The Morgan fingerprint density at radius 2 is 2.16 bits per heavy atom. The molecule has 0 aliphatic carbocycles. The normalized spacial score (nSPS) is 20.9. The van der Waals surface area contributed by atoms with Crippen molar-refractivity contribution in [3.05, 3.63) is 30.5 Å². The van der Waals surface area contributed by atoms with E-state index in [-0.39, 0.29) is 0 Å². The van der Waals surface area contributed by atoms with Crippen LogP contribution < -0.4 is 10.6 Å². The van der Waals surface area contributed by atoms with Crippen molar-refractivity contribution in [3.63, 3.8) is 0 Å². The molecule has 1 saturated heterocycles. The monoisotopic (exact) mass is 257 g/mol. The molecule has 5 nitrogen and oxygen atoms in total. The molecular formula is C14H19N5. The first-order valence-electron chi connectivity index (χ1n) is 6.65. The zero-order valence-corrected chi connectivity index (χ0v) is 11.2. The van der Waals surface area contributed by atoms with Crippen LogP contribution in [0.2, 0.25) is 0 Å². The van der Waals surface area contributed by atoms with Crippen molar-refractivity contribution in [2.24, 2.45) is 5.73 Å². The van der Waals surface area contributed by atoms with Crippen LogP contribution in [0.1, 0.15) is 0 Å². The minimum absolute atomic E-state index is 0.339. The Kier molecular flexibility index (Phi) is 3.31. The zero-order chi connectivity index (χ0) is 13.2. The largest absolute Gasteiger partial charge is 0.363 e. The van der Waals surface area contributed by atoms with Gasteiger partial charge in [-0.05, 0) is 13.1 Å². The van der Waals surface area contributed by atoms with E-state index in [0.717, 1.165) is 36.2 Å². The van der Waals surface area contributed by atoms with E-state index in [0.29, 0.717) is 12.6 Å². The molecular weight excluding hydrogens is 238 g/mol. The molecule has 2 N–H and O–H groups in total. The third-order valence-electron chi connectivity index (χ3n) is 3.79. The van der Waals surface area contributed by atoms with Crippen molar-refractivity contribution in [2.45, 2.75) is 6.04 Å². The van der Waals surface area contributed by atoms with Gasteiger partial charge in [0.2, 0.25) is 0 Å². The van der Waals surface area contributed by atoms with Crippen LogP contribution in [0.25, 0.3) is 10.9 Å². The molecule has 0 saturated carbocycles. The van der Waals surface area contributed by atoms with Gasteiger partial charge in [0.1, 0.15) is 0 Å². The summed E-state index contributed by atoms with van der Waals surface area (Å²) in [5, 5.41) is 9.47. The van der Waals surface area contributed by atoms with Gasteiger partial charge < -0.3 is 15.5 Å². The number of hydrogen-bond donors (Lipinski definition) is 1. The van der Waals surface area contributed by atoms with E-state index in [1.165, 1.54) is 0 Å². The second-order valence-corrected chi connectivity index (χ2v) is 5.09. The molecule has 2 heterocycles. The fourth-order valence-corrected chi connectivity index (χ4v) is 2.75. The van der Waals surface area contributed by atoms with Gasteiger partial charge in [-0.15, -0.1) is 0 Å². The summed E-state index contributed by atoms with van der Waals surface area (Å²) in [5.74, 6) is 0. The number of anilines is 1. The molecule has 0 bridgehead atoms. The van der Waals surface area contributed by atoms with Crippen LogP contribution in [0.3, 0.4) is 0 Å². The number of piperazine rings is 1. The summed E-state index contributed by atoms with van der Waals surface area (Å²) in [4.78, 5) is 4.70. The lowest BCUT2D eigenvalue weighted by molar-refractivity contribution is 0.270. The van der Waals surface area contributed by atoms with Gasteiger partial charge in [0, 0.05) is 31.6 Å². The minimum atomic E-state index is 0.339. The number of fused-ring (bicyclic) bond motifs is 1. The van der Waals surface area contributed by atoms with Crippen LogP contribution in [0.4, 0.5) is 5.69 Å². The highest BCUT2D eigenvalue weighted by molar-refractivity contribution is 5.90. The van der Waals surface area contributed by atoms with Crippen molar-refractivity contribution in [2.75, 3.05) is 38.1 Å². The van der Waals surface area contributed by atoms with E-state index in [2.05, 4.69) is 33.1 Å². The molecule has 1 aromatic heterocycles. The number of likely N-dealkylation sites (N-methyl/N-ethyl adjacent to an activating group) is 1. The molecule has 1 atom stereocenters. The Balaban J connectivity index is 2.03. The summed E-state index contributed by atoms with van der Waals surface area (Å²) in [7, 11) is 2.14. The standard InChI is InChI=1S/C14H19N5/c1-18-6-7-19(11(8-15)10-18)14-9-16-17-13-5-3-2-4-12(13)14/h2-5,9,11H,6-8,10,15H2,1H3. The highest BCUT2D eigenvalue weighted by Gasteiger charge is 2.25. The highest BCUT2D eigenvalue weighted by Crippen LogP contribution is 2.26. The predicted octanol–water partition coefficient (Wildman–Crippen LogP) is 0.709. The fourth-order valence-electron chi connectivity index (χ4n) is 2.75. The third kappa shape index (κ3) is 2.27. The second-order valence-electron chi connectivity index (χ2n) is 5.09. The molecule has 2 aromatic rings. The molecule has 5 heteroatoms. The number of nitrogens with two attached hydrogens (primary N) is 1. The minimum Gasteiger partial charge on any atom is -0.363 e. The van der Waals surface area contributed by atoms with Gasteiger partial charge in [0.25, 0.3) is 0 Å². The summed E-state index contributed by atoms with van der Waals surface area (Å²) in [6.07, 6.45) is 1.86. The van der Waals surface area contributed by atoms with Gasteiger partial charge in [-0.1, -0.05) is 18.2 Å². The van der Waals surface area contributed by atoms with E-state index >= 15 is 0 Å². The van der Waals surface area contributed by atoms with Crippen LogP contribution in [0.5, 0.6) is 0 Å². The van der Waals surface area contributed by atoms with E-state index in [1.54, 1.807) is 0 Å². The third-order valence-corrected chi connectivity index (χ3v) is 3.79. The first-order chi connectivity index (χ1) is 9.29. The van der Waals surface area contributed by atoms with Gasteiger partial charge in [0.15, 0.2) is 0 Å². The molecule has 0 amide bonds. The lowest BCUT2D eigenvalue weighted by Gasteiger charge is -2.41. The second kappa shape index (κ2) is 5.11. The Morgan fingerprint density at radius 1 is 1.32 bits per heavy atom. The number of aromatic nitrogens is 2. The lowest BCUT2D eigenvalue weighted by Crippen LogP contribution is -2.55. The maximum absolute atomic E-state index is 5.93. The van der Waals surface area contributed by atoms with Gasteiger partial charge >= 0.3 is 0 Å². The Morgan fingerprint density at radius 3 is 3.00 bits per heavy atom. The smallest absolute Gasteiger partial charge is 0.0950 e.